The van der Waals surface area contributed by atoms with Gasteiger partial charge in [0.05, 0.1) is 17.1 Å². The molecule has 1 amide bonds. The van der Waals surface area contributed by atoms with Gasteiger partial charge in [-0.25, -0.2) is 9.37 Å². The van der Waals surface area contributed by atoms with E-state index in [-0.39, 0.29) is 29.6 Å². The Bertz CT molecular complexity index is 949. The number of benzene rings is 2. The third kappa shape index (κ3) is 2.80. The summed E-state index contributed by atoms with van der Waals surface area (Å²) in [6.07, 6.45) is 0.696. The topological polar surface area (TPSA) is 46.9 Å². The van der Waals surface area contributed by atoms with E-state index in [0.29, 0.717) is 12.0 Å². The number of fused-ring (bicyclic) bond motifs is 1. The van der Waals surface area contributed by atoms with Crippen molar-refractivity contribution in [1.29, 1.82) is 0 Å². The fraction of sp³-hybridized carbons (Fsp3) is 0.300. The highest BCUT2D eigenvalue weighted by Crippen LogP contribution is 2.48. The lowest BCUT2D eigenvalue weighted by atomic mass is 10.1. The zero-order valence-electron chi connectivity index (χ0n) is 14.2. The van der Waals surface area contributed by atoms with Crippen LogP contribution in [0.5, 0.6) is 0 Å². The first kappa shape index (κ1) is 15.8. The van der Waals surface area contributed by atoms with Gasteiger partial charge in [-0.05, 0) is 43.0 Å². The van der Waals surface area contributed by atoms with E-state index in [4.69, 9.17) is 0 Å². The minimum absolute atomic E-state index is 0.0196. The molecule has 1 aromatic heterocycles. The van der Waals surface area contributed by atoms with E-state index < -0.39 is 0 Å². The largest absolute Gasteiger partial charge is 0.346 e. The molecule has 0 radical (unpaired) electrons. The third-order valence-electron chi connectivity index (χ3n) is 5.00. The maximum atomic E-state index is 13.9. The van der Waals surface area contributed by atoms with Crippen molar-refractivity contribution >= 4 is 16.9 Å². The molecule has 1 heterocycles. The van der Waals surface area contributed by atoms with Crippen molar-refractivity contribution in [2.45, 2.75) is 25.3 Å². The average molecular weight is 337 g/mol. The van der Waals surface area contributed by atoms with Crippen LogP contribution in [-0.2, 0) is 11.8 Å². The van der Waals surface area contributed by atoms with E-state index in [1.54, 1.807) is 12.1 Å². The van der Waals surface area contributed by atoms with E-state index >= 15 is 0 Å². The summed E-state index contributed by atoms with van der Waals surface area (Å²) < 4.78 is 15.9. The second-order valence-corrected chi connectivity index (χ2v) is 6.72. The molecule has 0 saturated heterocycles. The highest BCUT2D eigenvalue weighted by molar-refractivity contribution is 5.83. The van der Waals surface area contributed by atoms with Gasteiger partial charge in [-0.15, -0.1) is 0 Å². The van der Waals surface area contributed by atoms with Gasteiger partial charge in [0, 0.05) is 13.0 Å². The van der Waals surface area contributed by atoms with Gasteiger partial charge in [-0.3, -0.25) is 4.79 Å². The summed E-state index contributed by atoms with van der Waals surface area (Å²) in [5, 5.41) is 3.03. The van der Waals surface area contributed by atoms with Crippen molar-refractivity contribution in [1.82, 2.24) is 14.9 Å². The van der Waals surface area contributed by atoms with Crippen LogP contribution in [0.15, 0.2) is 48.5 Å². The molecule has 25 heavy (non-hydrogen) atoms. The second-order valence-electron chi connectivity index (χ2n) is 6.72. The van der Waals surface area contributed by atoms with Gasteiger partial charge in [-0.2, -0.15) is 0 Å². The third-order valence-corrected chi connectivity index (χ3v) is 5.00. The summed E-state index contributed by atoms with van der Waals surface area (Å²) in [5.41, 5.74) is 2.59. The van der Waals surface area contributed by atoms with Crippen molar-refractivity contribution in [2.24, 2.45) is 13.0 Å². The molecule has 3 aromatic rings. The smallest absolute Gasteiger partial charge is 0.224 e. The Morgan fingerprint density at radius 2 is 1.96 bits per heavy atom. The number of halogens is 1. The monoisotopic (exact) mass is 337 g/mol. The van der Waals surface area contributed by atoms with Gasteiger partial charge in [0.2, 0.25) is 5.91 Å². The van der Waals surface area contributed by atoms with Crippen molar-refractivity contribution in [3.63, 3.8) is 0 Å². The molecule has 0 bridgehead atoms. The van der Waals surface area contributed by atoms with Gasteiger partial charge >= 0.3 is 0 Å². The first-order chi connectivity index (χ1) is 12.1. The maximum absolute atomic E-state index is 13.9. The molecule has 2 aromatic carbocycles. The van der Waals surface area contributed by atoms with Gasteiger partial charge in [-0.1, -0.05) is 30.3 Å². The van der Waals surface area contributed by atoms with Crippen LogP contribution in [0.25, 0.3) is 11.0 Å². The number of amides is 1. The molecule has 4 nitrogen and oxygen atoms in total. The minimum Gasteiger partial charge on any atom is -0.346 e. The van der Waals surface area contributed by atoms with Gasteiger partial charge in [0.25, 0.3) is 0 Å². The predicted molar refractivity (Wildman–Crippen MR) is 94.5 cm³/mol. The molecular weight excluding hydrogens is 317 g/mol. The standard InChI is InChI=1S/C20H20FN3O/c1-12(19-23-17-9-5-6-10-18(17)24(19)2)22-20(25)15-11-14(15)13-7-3-4-8-16(13)21/h3-10,12,14-15H,11H2,1-2H3,(H,22,25)/t12-,14+,15-/m0/s1. The molecule has 0 spiro atoms. The molecule has 3 atom stereocenters. The quantitative estimate of drug-likeness (QED) is 0.789. The molecule has 5 heteroatoms. The normalized spacial score (nSPS) is 20.4. The summed E-state index contributed by atoms with van der Waals surface area (Å²) >= 11 is 0. The number of nitrogens with zero attached hydrogens (tertiary/aromatic N) is 2. The summed E-state index contributed by atoms with van der Waals surface area (Å²) in [5.74, 6) is 0.375. The lowest BCUT2D eigenvalue weighted by Crippen LogP contribution is -2.30. The van der Waals surface area contributed by atoms with E-state index in [0.717, 1.165) is 16.9 Å². The Kier molecular flexibility index (Phi) is 3.79. The predicted octanol–water partition coefficient (Wildman–Crippen LogP) is 3.69. The lowest BCUT2D eigenvalue weighted by Gasteiger charge is -2.14. The van der Waals surface area contributed by atoms with E-state index in [2.05, 4.69) is 10.3 Å². The second kappa shape index (κ2) is 5.99. The van der Waals surface area contributed by atoms with Crippen LogP contribution in [0.1, 0.15) is 36.7 Å². The van der Waals surface area contributed by atoms with Gasteiger partial charge in [0.1, 0.15) is 11.6 Å². The Morgan fingerprint density at radius 3 is 2.72 bits per heavy atom. The summed E-state index contributed by atoms with van der Waals surface area (Å²) in [4.78, 5) is 17.2. The van der Waals surface area contributed by atoms with Crippen molar-refractivity contribution in [3.05, 3.63) is 65.7 Å². The first-order valence-corrected chi connectivity index (χ1v) is 8.52. The highest BCUT2D eigenvalue weighted by atomic mass is 19.1. The number of nitrogens with one attached hydrogen (secondary N) is 1. The van der Waals surface area contributed by atoms with Crippen molar-refractivity contribution < 1.29 is 9.18 Å². The number of hydrogen-bond acceptors (Lipinski definition) is 2. The van der Waals surface area contributed by atoms with Crippen LogP contribution in [0, 0.1) is 11.7 Å². The van der Waals surface area contributed by atoms with Crippen LogP contribution in [-0.4, -0.2) is 15.5 Å². The average Bonchev–Trinajstić information content (AvgIpc) is 3.33. The molecule has 0 aliphatic heterocycles. The number of imidazole rings is 1. The number of aromatic nitrogens is 2. The molecule has 1 fully saturated rings. The molecule has 1 saturated carbocycles. The SMILES string of the molecule is C[C@H](NC(=O)[C@H]1C[C@@H]1c1ccccc1F)c1nc2ccccc2n1C. The fourth-order valence-electron chi connectivity index (χ4n) is 3.54. The van der Waals surface area contributed by atoms with Crippen LogP contribution in [0.4, 0.5) is 4.39 Å². The number of hydrogen-bond donors (Lipinski definition) is 1. The minimum atomic E-state index is -0.230. The molecular formula is C20H20FN3O. The summed E-state index contributed by atoms with van der Waals surface area (Å²) in [6.45, 7) is 1.93. The molecule has 1 aliphatic carbocycles. The maximum Gasteiger partial charge on any atom is 0.224 e. The fourth-order valence-corrected chi connectivity index (χ4v) is 3.54. The molecule has 128 valence electrons. The van der Waals surface area contributed by atoms with Gasteiger partial charge < -0.3 is 9.88 Å². The highest BCUT2D eigenvalue weighted by Gasteiger charge is 2.45. The van der Waals surface area contributed by atoms with Crippen molar-refractivity contribution in [2.75, 3.05) is 0 Å². The lowest BCUT2D eigenvalue weighted by molar-refractivity contribution is -0.123. The number of carbonyl (C=O) groups is 1. The Labute approximate surface area is 145 Å². The van der Waals surface area contributed by atoms with E-state index in [1.807, 2.05) is 48.9 Å². The number of rotatable bonds is 4. The number of carbonyl (C=O) groups excluding carboxylic acids is 1. The van der Waals surface area contributed by atoms with Crippen LogP contribution in [0.3, 0.4) is 0 Å². The number of aryl methyl sites for hydroxylation is 1. The van der Waals surface area contributed by atoms with E-state index in [1.165, 1.54) is 6.07 Å². The molecule has 0 unspecified atom stereocenters. The summed E-state index contributed by atoms with van der Waals surface area (Å²) in [7, 11) is 1.95. The molecule has 1 N–H and O–H groups in total. The Balaban J connectivity index is 1.48. The molecule has 4 rings (SSSR count). The van der Waals surface area contributed by atoms with Crippen LogP contribution in [0.2, 0.25) is 0 Å². The molecule has 1 aliphatic rings. The summed E-state index contributed by atoms with van der Waals surface area (Å²) in [6, 6.07) is 14.4. The van der Waals surface area contributed by atoms with Crippen LogP contribution >= 0.6 is 0 Å². The van der Waals surface area contributed by atoms with Gasteiger partial charge in [0.15, 0.2) is 0 Å². The van der Waals surface area contributed by atoms with E-state index in [9.17, 15) is 9.18 Å². The Hall–Kier alpha value is -2.69. The zero-order valence-corrected chi connectivity index (χ0v) is 14.2. The number of para-hydroxylation sites is 2. The zero-order chi connectivity index (χ0) is 17.6. The van der Waals surface area contributed by atoms with Crippen LogP contribution < -0.4 is 5.32 Å². The van der Waals surface area contributed by atoms with Crippen molar-refractivity contribution in [3.8, 4) is 0 Å². The Morgan fingerprint density at radius 1 is 1.24 bits per heavy atom. The first-order valence-electron chi connectivity index (χ1n) is 8.52.